The van der Waals surface area contributed by atoms with Gasteiger partial charge in [-0.15, -0.1) is 0 Å². The fourth-order valence-corrected chi connectivity index (χ4v) is 3.17. The standard InChI is InChI=1S/C20H19FN4O2S/c1-24(2)19(27)13-4-8-15(9-5-13)23-18(26)17-12-22-20(28-3)25(17)16-10-6-14(21)7-11-16/h4-12H,1-3H3,(H,23,26). The molecule has 2 aromatic carbocycles. The van der Waals surface area contributed by atoms with Crippen molar-refractivity contribution in [3.63, 3.8) is 0 Å². The minimum Gasteiger partial charge on any atom is -0.345 e. The van der Waals surface area contributed by atoms with Crippen molar-refractivity contribution in [2.45, 2.75) is 5.16 Å². The summed E-state index contributed by atoms with van der Waals surface area (Å²) in [6.45, 7) is 0. The number of anilines is 1. The number of halogens is 1. The third-order valence-corrected chi connectivity index (χ3v) is 4.68. The molecule has 0 bridgehead atoms. The highest BCUT2D eigenvalue weighted by molar-refractivity contribution is 7.98. The summed E-state index contributed by atoms with van der Waals surface area (Å²) < 4.78 is 14.9. The molecule has 144 valence electrons. The van der Waals surface area contributed by atoms with Gasteiger partial charge < -0.3 is 10.2 Å². The second-order valence-electron chi connectivity index (χ2n) is 6.17. The minimum absolute atomic E-state index is 0.114. The van der Waals surface area contributed by atoms with Gasteiger partial charge in [-0.2, -0.15) is 0 Å². The zero-order valence-corrected chi connectivity index (χ0v) is 16.5. The molecule has 1 heterocycles. The maximum absolute atomic E-state index is 13.3. The quantitative estimate of drug-likeness (QED) is 0.666. The molecular formula is C20H19FN4O2S. The molecule has 0 saturated heterocycles. The van der Waals surface area contributed by atoms with Gasteiger partial charge in [0.2, 0.25) is 0 Å². The molecule has 0 radical (unpaired) electrons. The van der Waals surface area contributed by atoms with Gasteiger partial charge in [-0.3, -0.25) is 14.2 Å². The van der Waals surface area contributed by atoms with Gasteiger partial charge in [0.05, 0.1) is 6.20 Å². The van der Waals surface area contributed by atoms with Crippen LogP contribution in [0.15, 0.2) is 59.9 Å². The van der Waals surface area contributed by atoms with Crippen molar-refractivity contribution < 1.29 is 14.0 Å². The Hall–Kier alpha value is -3.13. The third-order valence-electron chi connectivity index (χ3n) is 4.03. The van der Waals surface area contributed by atoms with Crippen molar-refractivity contribution in [2.75, 3.05) is 25.7 Å². The molecule has 8 heteroatoms. The summed E-state index contributed by atoms with van der Waals surface area (Å²) >= 11 is 1.38. The maximum atomic E-state index is 13.3. The maximum Gasteiger partial charge on any atom is 0.274 e. The van der Waals surface area contributed by atoms with E-state index in [0.717, 1.165) is 0 Å². The topological polar surface area (TPSA) is 67.2 Å². The Kier molecular flexibility index (Phi) is 5.79. The van der Waals surface area contributed by atoms with E-state index in [0.29, 0.717) is 27.8 Å². The number of amides is 2. The molecule has 3 aromatic rings. The van der Waals surface area contributed by atoms with Crippen LogP contribution < -0.4 is 5.32 Å². The van der Waals surface area contributed by atoms with Gasteiger partial charge >= 0.3 is 0 Å². The molecule has 0 unspecified atom stereocenters. The molecule has 28 heavy (non-hydrogen) atoms. The third kappa shape index (κ3) is 4.07. The number of rotatable bonds is 5. The number of nitrogens with zero attached hydrogens (tertiary/aromatic N) is 3. The van der Waals surface area contributed by atoms with E-state index in [1.54, 1.807) is 55.1 Å². The van der Waals surface area contributed by atoms with Crippen LogP contribution in [0, 0.1) is 5.82 Å². The Morgan fingerprint density at radius 3 is 2.29 bits per heavy atom. The van der Waals surface area contributed by atoms with E-state index >= 15 is 0 Å². The SMILES string of the molecule is CSc1ncc(C(=O)Nc2ccc(C(=O)N(C)C)cc2)n1-c1ccc(F)cc1. The second kappa shape index (κ2) is 8.26. The molecule has 2 amide bonds. The van der Waals surface area contributed by atoms with E-state index in [-0.39, 0.29) is 17.6 Å². The summed E-state index contributed by atoms with van der Waals surface area (Å²) in [6, 6.07) is 12.5. The van der Waals surface area contributed by atoms with E-state index in [1.807, 2.05) is 6.26 Å². The number of benzene rings is 2. The number of carbonyl (C=O) groups is 2. The lowest BCUT2D eigenvalue weighted by molar-refractivity contribution is 0.0827. The van der Waals surface area contributed by atoms with Gasteiger partial charge in [-0.05, 0) is 54.8 Å². The lowest BCUT2D eigenvalue weighted by Crippen LogP contribution is -2.21. The average Bonchev–Trinajstić information content (AvgIpc) is 3.12. The van der Waals surface area contributed by atoms with Crippen LogP contribution in [0.4, 0.5) is 10.1 Å². The molecular weight excluding hydrogens is 379 g/mol. The second-order valence-corrected chi connectivity index (χ2v) is 6.95. The predicted octanol–water partition coefficient (Wildman–Crippen LogP) is 3.69. The summed E-state index contributed by atoms with van der Waals surface area (Å²) in [5.41, 5.74) is 2.05. The van der Waals surface area contributed by atoms with Crippen molar-refractivity contribution in [1.82, 2.24) is 14.5 Å². The van der Waals surface area contributed by atoms with Crippen LogP contribution in [0.5, 0.6) is 0 Å². The lowest BCUT2D eigenvalue weighted by atomic mass is 10.2. The van der Waals surface area contributed by atoms with E-state index in [4.69, 9.17) is 0 Å². The Balaban J connectivity index is 1.86. The summed E-state index contributed by atoms with van der Waals surface area (Å²) in [5.74, 6) is -0.825. The van der Waals surface area contributed by atoms with Crippen LogP contribution >= 0.6 is 11.8 Å². The van der Waals surface area contributed by atoms with Crippen LogP contribution in [-0.4, -0.2) is 46.6 Å². The van der Waals surface area contributed by atoms with Gasteiger partial charge in [-0.25, -0.2) is 9.37 Å². The van der Waals surface area contributed by atoms with Crippen LogP contribution in [0.3, 0.4) is 0 Å². The highest BCUT2D eigenvalue weighted by atomic mass is 32.2. The molecule has 0 spiro atoms. The summed E-state index contributed by atoms with van der Waals surface area (Å²) in [4.78, 5) is 30.5. The van der Waals surface area contributed by atoms with Crippen molar-refractivity contribution >= 4 is 29.3 Å². The molecule has 0 aliphatic rings. The Bertz CT molecular complexity index is 998. The molecule has 0 atom stereocenters. The molecule has 1 N–H and O–H groups in total. The minimum atomic E-state index is -0.358. The fraction of sp³-hybridized carbons (Fsp3) is 0.150. The monoisotopic (exact) mass is 398 g/mol. The number of nitrogens with one attached hydrogen (secondary N) is 1. The van der Waals surface area contributed by atoms with Crippen molar-refractivity contribution in [1.29, 1.82) is 0 Å². The first-order chi connectivity index (χ1) is 13.4. The summed E-state index contributed by atoms with van der Waals surface area (Å²) in [7, 11) is 3.36. The molecule has 0 saturated carbocycles. The molecule has 3 rings (SSSR count). The van der Waals surface area contributed by atoms with Gasteiger partial charge in [0.25, 0.3) is 11.8 Å². The van der Waals surface area contributed by atoms with Gasteiger partial charge in [-0.1, -0.05) is 11.8 Å². The number of carbonyl (C=O) groups excluding carboxylic acids is 2. The molecule has 0 aliphatic carbocycles. The van der Waals surface area contributed by atoms with Crippen LogP contribution in [0.25, 0.3) is 5.69 Å². The fourth-order valence-electron chi connectivity index (χ4n) is 2.63. The van der Waals surface area contributed by atoms with E-state index in [1.165, 1.54) is 35.0 Å². The van der Waals surface area contributed by atoms with E-state index in [2.05, 4.69) is 10.3 Å². The Labute approximate surface area is 166 Å². The normalized spacial score (nSPS) is 10.6. The van der Waals surface area contributed by atoms with Gasteiger partial charge in [0, 0.05) is 31.0 Å². The zero-order chi connectivity index (χ0) is 20.3. The van der Waals surface area contributed by atoms with E-state index < -0.39 is 0 Å². The summed E-state index contributed by atoms with van der Waals surface area (Å²) in [5, 5.41) is 3.42. The predicted molar refractivity (Wildman–Crippen MR) is 108 cm³/mol. The number of imidazole rings is 1. The van der Waals surface area contributed by atoms with Crippen molar-refractivity contribution in [3.05, 3.63) is 71.8 Å². The first-order valence-electron chi connectivity index (χ1n) is 8.41. The molecule has 0 fully saturated rings. The number of thioether (sulfide) groups is 1. The largest absolute Gasteiger partial charge is 0.345 e. The number of aromatic nitrogens is 2. The molecule has 0 aliphatic heterocycles. The highest BCUT2D eigenvalue weighted by Crippen LogP contribution is 2.23. The average molecular weight is 398 g/mol. The summed E-state index contributed by atoms with van der Waals surface area (Å²) in [6.07, 6.45) is 3.33. The lowest BCUT2D eigenvalue weighted by Gasteiger charge is -2.12. The number of hydrogen-bond acceptors (Lipinski definition) is 4. The van der Waals surface area contributed by atoms with Crippen LogP contribution in [0.2, 0.25) is 0 Å². The van der Waals surface area contributed by atoms with Crippen LogP contribution in [-0.2, 0) is 0 Å². The van der Waals surface area contributed by atoms with Gasteiger partial charge in [0.1, 0.15) is 11.5 Å². The first kappa shape index (κ1) is 19.6. The van der Waals surface area contributed by atoms with Crippen molar-refractivity contribution in [3.8, 4) is 5.69 Å². The Morgan fingerprint density at radius 2 is 1.71 bits per heavy atom. The molecule has 6 nitrogen and oxygen atoms in total. The van der Waals surface area contributed by atoms with E-state index in [9.17, 15) is 14.0 Å². The smallest absolute Gasteiger partial charge is 0.274 e. The zero-order valence-electron chi connectivity index (χ0n) is 15.6. The van der Waals surface area contributed by atoms with Gasteiger partial charge in [0.15, 0.2) is 5.16 Å². The van der Waals surface area contributed by atoms with Crippen LogP contribution in [0.1, 0.15) is 20.8 Å². The number of hydrogen-bond donors (Lipinski definition) is 1. The first-order valence-corrected chi connectivity index (χ1v) is 9.64. The van der Waals surface area contributed by atoms with Crippen molar-refractivity contribution in [2.24, 2.45) is 0 Å². The molecule has 1 aromatic heterocycles. The Morgan fingerprint density at radius 1 is 1.07 bits per heavy atom. The highest BCUT2D eigenvalue weighted by Gasteiger charge is 2.18.